The molecule has 0 aliphatic rings. The Kier molecular flexibility index (Phi) is 3.38. The Bertz CT molecular complexity index is 583. The number of phenols is 2. The van der Waals surface area contributed by atoms with Crippen LogP contribution in [0, 0.1) is 10.1 Å². The summed E-state index contributed by atoms with van der Waals surface area (Å²) in [6.07, 6.45) is 0. The molecular formula is C12H9NO4S. The molecule has 2 aromatic carbocycles. The first-order valence-corrected chi connectivity index (χ1v) is 5.82. The van der Waals surface area contributed by atoms with E-state index in [4.69, 9.17) is 5.11 Å². The van der Waals surface area contributed by atoms with Gasteiger partial charge in [0.1, 0.15) is 11.5 Å². The van der Waals surface area contributed by atoms with Crippen LogP contribution >= 0.6 is 11.8 Å². The number of aromatic hydroxyl groups is 2. The fraction of sp³-hybridized carbons (Fsp3) is 0. The fourth-order valence-electron chi connectivity index (χ4n) is 1.35. The first-order chi connectivity index (χ1) is 8.56. The third-order valence-corrected chi connectivity index (χ3v) is 3.29. The average Bonchev–Trinajstić information content (AvgIpc) is 2.33. The molecule has 0 atom stereocenters. The van der Waals surface area contributed by atoms with Crippen LogP contribution in [0.15, 0.2) is 52.3 Å². The van der Waals surface area contributed by atoms with E-state index in [0.717, 1.165) is 4.90 Å². The van der Waals surface area contributed by atoms with E-state index in [2.05, 4.69) is 0 Å². The van der Waals surface area contributed by atoms with Gasteiger partial charge in [-0.1, -0.05) is 11.8 Å². The van der Waals surface area contributed by atoms with E-state index in [9.17, 15) is 15.2 Å². The van der Waals surface area contributed by atoms with Crippen molar-refractivity contribution in [3.63, 3.8) is 0 Å². The first-order valence-electron chi connectivity index (χ1n) is 5.00. The molecule has 2 aromatic rings. The van der Waals surface area contributed by atoms with Gasteiger partial charge in [0.15, 0.2) is 0 Å². The van der Waals surface area contributed by atoms with Crippen molar-refractivity contribution in [2.45, 2.75) is 9.79 Å². The number of phenolic OH excluding ortho intramolecular Hbond substituents is 2. The molecule has 0 saturated heterocycles. The van der Waals surface area contributed by atoms with Crippen LogP contribution in [0.3, 0.4) is 0 Å². The van der Waals surface area contributed by atoms with Gasteiger partial charge in [0.05, 0.1) is 9.82 Å². The smallest absolute Gasteiger partial charge is 0.269 e. The summed E-state index contributed by atoms with van der Waals surface area (Å²) in [6.45, 7) is 0. The molecule has 5 nitrogen and oxygen atoms in total. The Morgan fingerprint density at radius 2 is 1.72 bits per heavy atom. The van der Waals surface area contributed by atoms with Crippen LogP contribution in [0.4, 0.5) is 5.69 Å². The van der Waals surface area contributed by atoms with Crippen LogP contribution in [-0.2, 0) is 0 Å². The lowest BCUT2D eigenvalue weighted by Crippen LogP contribution is -1.86. The van der Waals surface area contributed by atoms with Gasteiger partial charge in [-0.2, -0.15) is 0 Å². The Morgan fingerprint density at radius 3 is 2.28 bits per heavy atom. The summed E-state index contributed by atoms with van der Waals surface area (Å²) in [4.78, 5) is 11.4. The minimum absolute atomic E-state index is 0.0134. The van der Waals surface area contributed by atoms with Crippen molar-refractivity contribution in [2.24, 2.45) is 0 Å². The maximum absolute atomic E-state index is 10.5. The molecule has 0 unspecified atom stereocenters. The van der Waals surface area contributed by atoms with Gasteiger partial charge in [-0.05, 0) is 24.3 Å². The number of benzene rings is 2. The monoisotopic (exact) mass is 263 g/mol. The standard InChI is InChI=1S/C12H9NO4S/c14-9-3-6-12(11(15)7-9)18-10-4-1-8(2-5-10)13(16)17/h1-7,14-15H. The van der Waals surface area contributed by atoms with Crippen molar-refractivity contribution < 1.29 is 15.1 Å². The molecule has 0 heterocycles. The summed E-state index contributed by atoms with van der Waals surface area (Å²) >= 11 is 1.26. The number of nitro groups is 1. The average molecular weight is 263 g/mol. The Hall–Kier alpha value is -2.21. The highest BCUT2D eigenvalue weighted by Gasteiger charge is 2.07. The molecule has 92 valence electrons. The molecule has 0 aliphatic heterocycles. The summed E-state index contributed by atoms with van der Waals surface area (Å²) in [5.74, 6) is -0.0427. The molecule has 18 heavy (non-hydrogen) atoms. The molecule has 0 bridgehead atoms. The lowest BCUT2D eigenvalue weighted by Gasteiger charge is -2.04. The van der Waals surface area contributed by atoms with Crippen LogP contribution in [0.5, 0.6) is 11.5 Å². The zero-order valence-corrected chi connectivity index (χ0v) is 9.92. The number of rotatable bonds is 3. The molecule has 2 rings (SSSR count). The van der Waals surface area contributed by atoms with Crippen LogP contribution in [0.2, 0.25) is 0 Å². The van der Waals surface area contributed by atoms with Crippen LogP contribution in [0.1, 0.15) is 0 Å². The Labute approximate surface area is 107 Å². The first kappa shape index (κ1) is 12.3. The van der Waals surface area contributed by atoms with Gasteiger partial charge in [0.25, 0.3) is 5.69 Å². The van der Waals surface area contributed by atoms with Crippen LogP contribution < -0.4 is 0 Å². The van der Waals surface area contributed by atoms with Gasteiger partial charge in [0, 0.05) is 23.1 Å². The highest BCUT2D eigenvalue weighted by molar-refractivity contribution is 7.99. The number of hydrogen-bond acceptors (Lipinski definition) is 5. The second kappa shape index (κ2) is 4.97. The van der Waals surface area contributed by atoms with E-state index in [1.54, 1.807) is 18.2 Å². The van der Waals surface area contributed by atoms with E-state index in [1.807, 2.05) is 0 Å². The zero-order chi connectivity index (χ0) is 13.1. The van der Waals surface area contributed by atoms with E-state index < -0.39 is 4.92 Å². The Morgan fingerprint density at radius 1 is 1.06 bits per heavy atom. The number of hydrogen-bond donors (Lipinski definition) is 2. The fourth-order valence-corrected chi connectivity index (χ4v) is 2.18. The molecule has 2 N–H and O–H groups in total. The van der Waals surface area contributed by atoms with Gasteiger partial charge in [-0.25, -0.2) is 0 Å². The van der Waals surface area contributed by atoms with Gasteiger partial charge in [-0.15, -0.1) is 0 Å². The van der Waals surface area contributed by atoms with Gasteiger partial charge in [0.2, 0.25) is 0 Å². The maximum Gasteiger partial charge on any atom is 0.269 e. The third kappa shape index (κ3) is 2.72. The number of nitrogens with zero attached hydrogens (tertiary/aromatic N) is 1. The summed E-state index contributed by atoms with van der Waals surface area (Å²) < 4.78 is 0. The third-order valence-electron chi connectivity index (χ3n) is 2.22. The predicted octanol–water partition coefficient (Wildman–Crippen LogP) is 3.16. The zero-order valence-electron chi connectivity index (χ0n) is 9.11. The normalized spacial score (nSPS) is 10.2. The topological polar surface area (TPSA) is 83.6 Å². The van der Waals surface area contributed by atoms with E-state index in [-0.39, 0.29) is 17.2 Å². The van der Waals surface area contributed by atoms with Crippen molar-refractivity contribution >= 4 is 17.4 Å². The minimum atomic E-state index is -0.466. The summed E-state index contributed by atoms with van der Waals surface area (Å²) in [6, 6.07) is 10.3. The van der Waals surface area contributed by atoms with Crippen molar-refractivity contribution in [1.82, 2.24) is 0 Å². The van der Waals surface area contributed by atoms with Crippen LogP contribution in [-0.4, -0.2) is 15.1 Å². The van der Waals surface area contributed by atoms with Gasteiger partial charge >= 0.3 is 0 Å². The van der Waals surface area contributed by atoms with Crippen LogP contribution in [0.25, 0.3) is 0 Å². The molecule has 0 aliphatic carbocycles. The molecule has 0 saturated carbocycles. The Balaban J connectivity index is 2.21. The van der Waals surface area contributed by atoms with Crippen molar-refractivity contribution in [2.75, 3.05) is 0 Å². The highest BCUT2D eigenvalue weighted by Crippen LogP contribution is 2.36. The minimum Gasteiger partial charge on any atom is -0.508 e. The van der Waals surface area contributed by atoms with E-state index in [1.165, 1.54) is 36.0 Å². The molecule has 0 amide bonds. The van der Waals surface area contributed by atoms with Crippen molar-refractivity contribution in [1.29, 1.82) is 0 Å². The second-order valence-corrected chi connectivity index (χ2v) is 4.62. The van der Waals surface area contributed by atoms with E-state index >= 15 is 0 Å². The summed E-state index contributed by atoms with van der Waals surface area (Å²) in [7, 11) is 0. The summed E-state index contributed by atoms with van der Waals surface area (Å²) in [5, 5.41) is 29.3. The van der Waals surface area contributed by atoms with Crippen molar-refractivity contribution in [3.05, 3.63) is 52.6 Å². The number of non-ortho nitro benzene ring substituents is 1. The lowest BCUT2D eigenvalue weighted by molar-refractivity contribution is -0.384. The molecule has 6 heteroatoms. The SMILES string of the molecule is O=[N+]([O-])c1ccc(Sc2ccc(O)cc2O)cc1. The molecule has 0 aromatic heterocycles. The van der Waals surface area contributed by atoms with Gasteiger partial charge < -0.3 is 10.2 Å². The van der Waals surface area contributed by atoms with Crippen molar-refractivity contribution in [3.8, 4) is 11.5 Å². The predicted molar refractivity (Wildman–Crippen MR) is 67.0 cm³/mol. The quantitative estimate of drug-likeness (QED) is 0.656. The van der Waals surface area contributed by atoms with Gasteiger partial charge in [-0.3, -0.25) is 10.1 Å². The molecule has 0 radical (unpaired) electrons. The second-order valence-electron chi connectivity index (χ2n) is 3.51. The lowest BCUT2D eigenvalue weighted by atomic mass is 10.3. The molecule has 0 fully saturated rings. The molecule has 0 spiro atoms. The van der Waals surface area contributed by atoms with E-state index in [0.29, 0.717) is 4.90 Å². The maximum atomic E-state index is 10.5. The summed E-state index contributed by atoms with van der Waals surface area (Å²) in [5.41, 5.74) is 0.0225. The largest absolute Gasteiger partial charge is 0.508 e. The highest BCUT2D eigenvalue weighted by atomic mass is 32.2. The number of nitro benzene ring substituents is 1. The molecular weight excluding hydrogens is 254 g/mol.